The molecule has 0 radical (unpaired) electrons. The Kier molecular flexibility index (Phi) is 7.63. The molecule has 1 rings (SSSR count). The molecule has 116 valence electrons. The van der Waals surface area contributed by atoms with Crippen molar-refractivity contribution in [1.82, 2.24) is 5.32 Å². The van der Waals surface area contributed by atoms with Crippen molar-refractivity contribution in [2.24, 2.45) is 0 Å². The number of nitrogens with one attached hydrogen (secondary N) is 1. The summed E-state index contributed by atoms with van der Waals surface area (Å²) in [6.07, 6.45) is 11.2. The zero-order valence-electron chi connectivity index (χ0n) is 12.7. The monoisotopic (exact) mass is 283 g/mol. The van der Waals surface area contributed by atoms with E-state index < -0.39 is 11.5 Å². The Hall–Kier alpha value is -1.06. The van der Waals surface area contributed by atoms with E-state index in [1.165, 1.54) is 25.7 Å². The van der Waals surface area contributed by atoms with Gasteiger partial charge in [-0.2, -0.15) is 0 Å². The summed E-state index contributed by atoms with van der Waals surface area (Å²) >= 11 is 0. The lowest BCUT2D eigenvalue weighted by Crippen LogP contribution is -2.47. The molecule has 1 amide bonds. The molecule has 4 heteroatoms. The maximum atomic E-state index is 12.0. The molecule has 1 saturated carbocycles. The molecule has 0 aromatic carbocycles. The highest BCUT2D eigenvalue weighted by Crippen LogP contribution is 2.32. The molecule has 1 aliphatic carbocycles. The highest BCUT2D eigenvalue weighted by molar-refractivity contribution is 5.78. The minimum atomic E-state index is -0.813. The highest BCUT2D eigenvalue weighted by Gasteiger charge is 2.37. The van der Waals surface area contributed by atoms with Gasteiger partial charge in [0.1, 0.15) is 0 Å². The van der Waals surface area contributed by atoms with E-state index in [4.69, 9.17) is 5.11 Å². The van der Waals surface area contributed by atoms with Gasteiger partial charge >= 0.3 is 5.97 Å². The SMILES string of the molecule is CCCCCCCCC(=O)NC1(CC(=O)O)CCCC1. The molecule has 0 aromatic heterocycles. The van der Waals surface area contributed by atoms with Gasteiger partial charge in [-0.15, -0.1) is 0 Å². The number of carbonyl (C=O) groups is 2. The lowest BCUT2D eigenvalue weighted by atomic mass is 9.93. The standard InChI is InChI=1S/C16H29NO3/c1-2-3-4-5-6-7-10-14(18)17-16(13-15(19)20)11-8-9-12-16/h2-13H2,1H3,(H,17,18)(H,19,20). The molecule has 1 fully saturated rings. The molecule has 20 heavy (non-hydrogen) atoms. The fourth-order valence-corrected chi connectivity index (χ4v) is 3.11. The van der Waals surface area contributed by atoms with E-state index in [0.29, 0.717) is 6.42 Å². The van der Waals surface area contributed by atoms with Crippen molar-refractivity contribution in [2.75, 3.05) is 0 Å². The Morgan fingerprint density at radius 3 is 2.25 bits per heavy atom. The van der Waals surface area contributed by atoms with Crippen molar-refractivity contribution >= 4 is 11.9 Å². The van der Waals surface area contributed by atoms with Gasteiger partial charge in [0.05, 0.1) is 12.0 Å². The van der Waals surface area contributed by atoms with E-state index in [2.05, 4.69) is 12.2 Å². The third-order valence-corrected chi connectivity index (χ3v) is 4.21. The quantitative estimate of drug-likeness (QED) is 0.601. The Bertz CT molecular complexity index is 309. The molecule has 0 bridgehead atoms. The van der Waals surface area contributed by atoms with Gasteiger partial charge in [0.25, 0.3) is 0 Å². The van der Waals surface area contributed by atoms with Gasteiger partial charge in [-0.3, -0.25) is 9.59 Å². The number of hydrogen-bond donors (Lipinski definition) is 2. The first-order chi connectivity index (χ1) is 9.58. The average molecular weight is 283 g/mol. The number of aliphatic carboxylic acids is 1. The second-order valence-electron chi connectivity index (χ2n) is 6.12. The van der Waals surface area contributed by atoms with Crippen molar-refractivity contribution in [2.45, 2.75) is 89.5 Å². The number of amides is 1. The van der Waals surface area contributed by atoms with Crippen LogP contribution in [0, 0.1) is 0 Å². The maximum Gasteiger partial charge on any atom is 0.305 e. The van der Waals surface area contributed by atoms with Crippen molar-refractivity contribution < 1.29 is 14.7 Å². The van der Waals surface area contributed by atoms with Crippen molar-refractivity contribution in [1.29, 1.82) is 0 Å². The Morgan fingerprint density at radius 2 is 1.65 bits per heavy atom. The lowest BCUT2D eigenvalue weighted by molar-refractivity contribution is -0.139. The number of hydrogen-bond acceptors (Lipinski definition) is 2. The van der Waals surface area contributed by atoms with Crippen LogP contribution in [-0.2, 0) is 9.59 Å². The smallest absolute Gasteiger partial charge is 0.305 e. The number of carbonyl (C=O) groups excluding carboxylic acids is 1. The van der Waals surface area contributed by atoms with Crippen LogP contribution in [0.5, 0.6) is 0 Å². The summed E-state index contributed by atoms with van der Waals surface area (Å²) in [5.41, 5.74) is -0.467. The topological polar surface area (TPSA) is 66.4 Å². The zero-order valence-corrected chi connectivity index (χ0v) is 12.7. The summed E-state index contributed by atoms with van der Waals surface area (Å²) in [6.45, 7) is 2.19. The van der Waals surface area contributed by atoms with Crippen molar-refractivity contribution in [3.8, 4) is 0 Å². The molecule has 0 aromatic rings. The largest absolute Gasteiger partial charge is 0.481 e. The van der Waals surface area contributed by atoms with Crippen LogP contribution in [0.1, 0.15) is 84.0 Å². The Morgan fingerprint density at radius 1 is 1.05 bits per heavy atom. The lowest BCUT2D eigenvalue weighted by Gasteiger charge is -2.28. The maximum absolute atomic E-state index is 12.0. The predicted octanol–water partition coefficient (Wildman–Crippen LogP) is 3.64. The van der Waals surface area contributed by atoms with E-state index in [1.54, 1.807) is 0 Å². The van der Waals surface area contributed by atoms with E-state index >= 15 is 0 Å². The third kappa shape index (κ3) is 6.40. The first-order valence-corrected chi connectivity index (χ1v) is 8.11. The van der Waals surface area contributed by atoms with Crippen LogP contribution in [0.25, 0.3) is 0 Å². The molecule has 1 aliphatic rings. The first-order valence-electron chi connectivity index (χ1n) is 8.11. The van der Waals surface area contributed by atoms with Gasteiger partial charge in [0.15, 0.2) is 0 Å². The summed E-state index contributed by atoms with van der Waals surface area (Å²) in [4.78, 5) is 22.9. The van der Waals surface area contributed by atoms with Gasteiger partial charge in [-0.25, -0.2) is 0 Å². The molecule has 4 nitrogen and oxygen atoms in total. The molecular weight excluding hydrogens is 254 g/mol. The van der Waals surface area contributed by atoms with Crippen molar-refractivity contribution in [3.63, 3.8) is 0 Å². The highest BCUT2D eigenvalue weighted by atomic mass is 16.4. The zero-order chi connectivity index (χ0) is 14.8. The van der Waals surface area contributed by atoms with Crippen LogP contribution in [-0.4, -0.2) is 22.5 Å². The van der Waals surface area contributed by atoms with Crippen LogP contribution in [0.15, 0.2) is 0 Å². The summed E-state index contributed by atoms with van der Waals surface area (Å²) < 4.78 is 0. The van der Waals surface area contributed by atoms with Gasteiger partial charge in [-0.05, 0) is 19.3 Å². The van der Waals surface area contributed by atoms with Gasteiger partial charge < -0.3 is 10.4 Å². The summed E-state index contributed by atoms with van der Waals surface area (Å²) in [7, 11) is 0. The molecular formula is C16H29NO3. The number of rotatable bonds is 10. The fourth-order valence-electron chi connectivity index (χ4n) is 3.11. The fraction of sp³-hybridized carbons (Fsp3) is 0.875. The van der Waals surface area contributed by atoms with Crippen LogP contribution in [0.2, 0.25) is 0 Å². The normalized spacial score (nSPS) is 17.1. The summed E-state index contributed by atoms with van der Waals surface area (Å²) in [6, 6.07) is 0. The summed E-state index contributed by atoms with van der Waals surface area (Å²) in [5, 5.41) is 12.0. The Balaban J connectivity index is 2.23. The molecule has 0 aliphatic heterocycles. The molecule has 0 saturated heterocycles. The van der Waals surface area contributed by atoms with Crippen LogP contribution >= 0.6 is 0 Å². The van der Waals surface area contributed by atoms with Crippen molar-refractivity contribution in [3.05, 3.63) is 0 Å². The third-order valence-electron chi connectivity index (χ3n) is 4.21. The molecule has 0 atom stereocenters. The van der Waals surface area contributed by atoms with E-state index in [1.807, 2.05) is 0 Å². The number of carboxylic acid groups (broad SMARTS) is 1. The first kappa shape index (κ1) is 17.0. The van der Waals surface area contributed by atoms with Crippen LogP contribution < -0.4 is 5.32 Å². The summed E-state index contributed by atoms with van der Waals surface area (Å²) in [5.74, 6) is -0.782. The average Bonchev–Trinajstić information content (AvgIpc) is 2.80. The van der Waals surface area contributed by atoms with E-state index in [9.17, 15) is 9.59 Å². The predicted molar refractivity (Wildman–Crippen MR) is 79.6 cm³/mol. The minimum Gasteiger partial charge on any atom is -0.481 e. The number of unbranched alkanes of at least 4 members (excludes halogenated alkanes) is 5. The van der Waals surface area contributed by atoms with Crippen LogP contribution in [0.3, 0.4) is 0 Å². The van der Waals surface area contributed by atoms with Crippen LogP contribution in [0.4, 0.5) is 0 Å². The second-order valence-corrected chi connectivity index (χ2v) is 6.12. The molecule has 2 N–H and O–H groups in total. The molecule has 0 spiro atoms. The molecule has 0 unspecified atom stereocenters. The second kappa shape index (κ2) is 8.98. The minimum absolute atomic E-state index is 0.0311. The number of carboxylic acids is 1. The van der Waals surface area contributed by atoms with Gasteiger partial charge in [0.2, 0.25) is 5.91 Å². The van der Waals surface area contributed by atoms with Gasteiger partial charge in [0, 0.05) is 6.42 Å². The Labute approximate surface area is 122 Å². The van der Waals surface area contributed by atoms with E-state index in [0.717, 1.165) is 38.5 Å². The van der Waals surface area contributed by atoms with E-state index in [-0.39, 0.29) is 12.3 Å². The van der Waals surface area contributed by atoms with Gasteiger partial charge in [-0.1, -0.05) is 51.9 Å². The molecule has 0 heterocycles.